The number of hydrogen-bond donors (Lipinski definition) is 0. The Kier molecular flexibility index (Phi) is 4.21. The zero-order valence-electron chi connectivity index (χ0n) is 10.4. The molecule has 0 atom stereocenters. The lowest BCUT2D eigenvalue weighted by molar-refractivity contribution is 0.414. The molecule has 0 unspecified atom stereocenters. The number of hydrogen-bond acceptors (Lipinski definition) is 2. The zero-order chi connectivity index (χ0) is 12.1. The van der Waals surface area contributed by atoms with E-state index in [1.165, 1.54) is 15.3 Å². The van der Waals surface area contributed by atoms with Crippen LogP contribution in [0, 0.1) is 0 Å². The van der Waals surface area contributed by atoms with Crippen LogP contribution in [-0.2, 0) is 19.3 Å². The second-order valence-corrected chi connectivity index (χ2v) is 5.32. The summed E-state index contributed by atoms with van der Waals surface area (Å²) >= 11 is 1.94. The molecule has 17 heavy (non-hydrogen) atoms. The van der Waals surface area contributed by atoms with E-state index in [0.29, 0.717) is 0 Å². The van der Waals surface area contributed by atoms with Crippen LogP contribution < -0.4 is 4.74 Å². The summed E-state index contributed by atoms with van der Waals surface area (Å²) in [5.74, 6) is 0.929. The minimum absolute atomic E-state index is 0.929. The molecule has 1 nitrogen and oxygen atoms in total. The molecule has 90 valence electrons. The highest BCUT2D eigenvalue weighted by Crippen LogP contribution is 2.19. The smallest absolute Gasteiger partial charge is 0.118 e. The molecule has 0 aliphatic heterocycles. The summed E-state index contributed by atoms with van der Waals surface area (Å²) in [7, 11) is 1.70. The number of aryl methyl sites for hydroxylation is 3. The largest absolute Gasteiger partial charge is 0.497 e. The lowest BCUT2D eigenvalue weighted by atomic mass is 10.1. The van der Waals surface area contributed by atoms with Gasteiger partial charge in [0.05, 0.1) is 7.11 Å². The van der Waals surface area contributed by atoms with E-state index in [1.807, 2.05) is 23.5 Å². The predicted octanol–water partition coefficient (Wildman–Crippen LogP) is 4.10. The highest BCUT2D eigenvalue weighted by Gasteiger charge is 2.00. The molecule has 0 aliphatic carbocycles. The van der Waals surface area contributed by atoms with Crippen LogP contribution in [0.3, 0.4) is 0 Å². The Balaban J connectivity index is 1.92. The number of thiophene rings is 1. The molecule has 0 bridgehead atoms. The van der Waals surface area contributed by atoms with Crippen molar-refractivity contribution >= 4 is 11.3 Å². The monoisotopic (exact) mass is 246 g/mol. The first-order chi connectivity index (χ1) is 8.31. The van der Waals surface area contributed by atoms with Gasteiger partial charge < -0.3 is 4.74 Å². The van der Waals surface area contributed by atoms with Crippen molar-refractivity contribution in [2.24, 2.45) is 0 Å². The van der Waals surface area contributed by atoms with Gasteiger partial charge in [-0.15, -0.1) is 11.3 Å². The molecule has 0 fully saturated rings. The quantitative estimate of drug-likeness (QED) is 0.771. The van der Waals surface area contributed by atoms with Crippen molar-refractivity contribution in [3.05, 3.63) is 51.7 Å². The molecule has 2 aromatic rings. The Labute approximate surface area is 107 Å². The highest BCUT2D eigenvalue weighted by molar-refractivity contribution is 7.11. The third-order valence-electron chi connectivity index (χ3n) is 2.88. The Morgan fingerprint density at radius 2 is 1.65 bits per heavy atom. The zero-order valence-corrected chi connectivity index (χ0v) is 11.2. The Bertz CT molecular complexity index is 456. The molecule has 1 aromatic heterocycles. The summed E-state index contributed by atoms with van der Waals surface area (Å²) in [6.07, 6.45) is 3.39. The fourth-order valence-corrected chi connectivity index (χ4v) is 2.76. The molecule has 0 amide bonds. The van der Waals surface area contributed by atoms with Crippen LogP contribution in [0.2, 0.25) is 0 Å². The van der Waals surface area contributed by atoms with Crippen LogP contribution >= 0.6 is 11.3 Å². The standard InChI is InChI=1S/C15H18OS/c1-3-14-10-11-15(17-14)9-6-12-4-7-13(16-2)8-5-12/h4-5,7-8,10-11H,3,6,9H2,1-2H3. The summed E-state index contributed by atoms with van der Waals surface area (Å²) in [6.45, 7) is 2.21. The molecular formula is C15H18OS. The number of methoxy groups -OCH3 is 1. The molecule has 0 saturated heterocycles. The molecular weight excluding hydrogens is 228 g/mol. The SMILES string of the molecule is CCc1ccc(CCc2ccc(OC)cc2)s1. The van der Waals surface area contributed by atoms with Gasteiger partial charge in [0.2, 0.25) is 0 Å². The van der Waals surface area contributed by atoms with Crippen LogP contribution in [0.15, 0.2) is 36.4 Å². The van der Waals surface area contributed by atoms with Crippen LogP contribution in [0.5, 0.6) is 5.75 Å². The first-order valence-electron chi connectivity index (χ1n) is 6.02. The fourth-order valence-electron chi connectivity index (χ4n) is 1.81. The first kappa shape index (κ1) is 12.2. The molecule has 1 heterocycles. The molecule has 0 aliphatic rings. The van der Waals surface area contributed by atoms with Crippen LogP contribution in [0.1, 0.15) is 22.2 Å². The summed E-state index contributed by atoms with van der Waals surface area (Å²) < 4.78 is 5.15. The third-order valence-corrected chi connectivity index (χ3v) is 4.17. The minimum Gasteiger partial charge on any atom is -0.497 e. The average Bonchev–Trinajstić information content (AvgIpc) is 2.85. The molecule has 0 N–H and O–H groups in total. The van der Waals surface area contributed by atoms with Crippen molar-refractivity contribution in [3.8, 4) is 5.75 Å². The number of rotatable bonds is 5. The summed E-state index contributed by atoms with van der Waals surface area (Å²) in [6, 6.07) is 12.9. The van der Waals surface area contributed by atoms with Crippen molar-refractivity contribution in [2.45, 2.75) is 26.2 Å². The van der Waals surface area contributed by atoms with Gasteiger partial charge in [0.25, 0.3) is 0 Å². The topological polar surface area (TPSA) is 9.23 Å². The van der Waals surface area contributed by atoms with Crippen molar-refractivity contribution < 1.29 is 4.74 Å². The molecule has 2 heteroatoms. The van der Waals surface area contributed by atoms with Gasteiger partial charge in [0.1, 0.15) is 5.75 Å². The van der Waals surface area contributed by atoms with E-state index in [1.54, 1.807) is 7.11 Å². The van der Waals surface area contributed by atoms with Gasteiger partial charge in [-0.3, -0.25) is 0 Å². The van der Waals surface area contributed by atoms with E-state index in [0.717, 1.165) is 25.0 Å². The highest BCUT2D eigenvalue weighted by atomic mass is 32.1. The van der Waals surface area contributed by atoms with Crippen molar-refractivity contribution in [1.82, 2.24) is 0 Å². The van der Waals surface area contributed by atoms with E-state index in [9.17, 15) is 0 Å². The van der Waals surface area contributed by atoms with Gasteiger partial charge in [-0.1, -0.05) is 19.1 Å². The summed E-state index contributed by atoms with van der Waals surface area (Å²) in [5, 5.41) is 0. The minimum atomic E-state index is 0.929. The Morgan fingerprint density at radius 3 is 2.24 bits per heavy atom. The number of ether oxygens (including phenoxy) is 1. The lowest BCUT2D eigenvalue weighted by Gasteiger charge is -2.02. The second-order valence-electron chi connectivity index (χ2n) is 4.07. The van der Waals surface area contributed by atoms with Crippen LogP contribution in [-0.4, -0.2) is 7.11 Å². The van der Waals surface area contributed by atoms with Gasteiger partial charge in [0, 0.05) is 9.75 Å². The van der Waals surface area contributed by atoms with Gasteiger partial charge in [-0.05, 0) is 49.1 Å². The van der Waals surface area contributed by atoms with Gasteiger partial charge in [0.15, 0.2) is 0 Å². The van der Waals surface area contributed by atoms with Crippen LogP contribution in [0.25, 0.3) is 0 Å². The maximum absolute atomic E-state index is 5.15. The second kappa shape index (κ2) is 5.87. The Morgan fingerprint density at radius 1 is 0.941 bits per heavy atom. The summed E-state index contributed by atoms with van der Waals surface area (Å²) in [4.78, 5) is 2.97. The fraction of sp³-hybridized carbons (Fsp3) is 0.333. The normalized spacial score (nSPS) is 10.5. The predicted molar refractivity (Wildman–Crippen MR) is 74.1 cm³/mol. The lowest BCUT2D eigenvalue weighted by Crippen LogP contribution is -1.89. The van der Waals surface area contributed by atoms with E-state index in [4.69, 9.17) is 4.74 Å². The van der Waals surface area contributed by atoms with E-state index in [2.05, 4.69) is 31.2 Å². The van der Waals surface area contributed by atoms with E-state index < -0.39 is 0 Å². The molecule has 0 radical (unpaired) electrons. The van der Waals surface area contributed by atoms with Crippen molar-refractivity contribution in [2.75, 3.05) is 7.11 Å². The average molecular weight is 246 g/mol. The molecule has 2 rings (SSSR count). The summed E-state index contributed by atoms with van der Waals surface area (Å²) in [5.41, 5.74) is 1.37. The first-order valence-corrected chi connectivity index (χ1v) is 6.84. The molecule has 0 spiro atoms. The number of benzene rings is 1. The van der Waals surface area contributed by atoms with E-state index in [-0.39, 0.29) is 0 Å². The van der Waals surface area contributed by atoms with Gasteiger partial charge in [-0.25, -0.2) is 0 Å². The third kappa shape index (κ3) is 3.34. The van der Waals surface area contributed by atoms with E-state index >= 15 is 0 Å². The van der Waals surface area contributed by atoms with Crippen LogP contribution in [0.4, 0.5) is 0 Å². The molecule has 0 saturated carbocycles. The van der Waals surface area contributed by atoms with Crippen molar-refractivity contribution in [3.63, 3.8) is 0 Å². The van der Waals surface area contributed by atoms with Gasteiger partial charge >= 0.3 is 0 Å². The Hall–Kier alpha value is -1.28. The molecule has 1 aromatic carbocycles. The van der Waals surface area contributed by atoms with Gasteiger partial charge in [-0.2, -0.15) is 0 Å². The van der Waals surface area contributed by atoms with Crippen molar-refractivity contribution in [1.29, 1.82) is 0 Å². The maximum Gasteiger partial charge on any atom is 0.118 e. The maximum atomic E-state index is 5.15.